The summed E-state index contributed by atoms with van der Waals surface area (Å²) in [6.45, 7) is 6.62. The normalized spacial score (nSPS) is 14.5. The van der Waals surface area contributed by atoms with E-state index < -0.39 is 0 Å². The summed E-state index contributed by atoms with van der Waals surface area (Å²) in [6.07, 6.45) is 7.35. The van der Waals surface area contributed by atoms with Gasteiger partial charge in [0.25, 0.3) is 0 Å². The lowest BCUT2D eigenvalue weighted by Crippen LogP contribution is -2.24. The van der Waals surface area contributed by atoms with Crippen LogP contribution in [0.2, 0.25) is 0 Å². The predicted molar refractivity (Wildman–Crippen MR) is 85.7 cm³/mol. The molecule has 0 bridgehead atoms. The topological polar surface area (TPSA) is 16.4 Å². The molecule has 1 aliphatic rings. The van der Waals surface area contributed by atoms with Crippen LogP contribution in [-0.2, 0) is 12.8 Å². The van der Waals surface area contributed by atoms with Gasteiger partial charge in [0.2, 0.25) is 0 Å². The Bertz CT molecular complexity index is 578. The summed E-state index contributed by atoms with van der Waals surface area (Å²) in [4.78, 5) is 2.38. The molecule has 2 heteroatoms. The number of hydrogen-bond donors (Lipinski definition) is 0. The standard InChI is InChI=1S/C18H25NO/c1-3-11-19(12-4-2)17-13-15-10-9-14-7-5-6-8-16(14)18(15)20-17/h9-10,13H,3-8,11-12H2,1-2H3. The molecule has 2 aromatic rings. The van der Waals surface area contributed by atoms with Crippen LogP contribution in [0, 0.1) is 0 Å². The summed E-state index contributed by atoms with van der Waals surface area (Å²) >= 11 is 0. The molecule has 108 valence electrons. The molecule has 0 atom stereocenters. The quantitative estimate of drug-likeness (QED) is 0.766. The predicted octanol–water partition coefficient (Wildman–Crippen LogP) is 4.94. The Kier molecular flexibility index (Phi) is 4.00. The minimum Gasteiger partial charge on any atom is -0.440 e. The van der Waals surface area contributed by atoms with E-state index in [9.17, 15) is 0 Å². The van der Waals surface area contributed by atoms with Crippen molar-refractivity contribution >= 4 is 16.9 Å². The Hall–Kier alpha value is -1.44. The van der Waals surface area contributed by atoms with E-state index in [4.69, 9.17) is 4.42 Å². The number of furan rings is 1. The average Bonchev–Trinajstić information content (AvgIpc) is 2.91. The number of anilines is 1. The molecule has 0 radical (unpaired) electrons. The lowest BCUT2D eigenvalue weighted by atomic mass is 9.90. The van der Waals surface area contributed by atoms with Gasteiger partial charge in [-0.25, -0.2) is 0 Å². The van der Waals surface area contributed by atoms with Crippen LogP contribution in [0.25, 0.3) is 11.0 Å². The van der Waals surface area contributed by atoms with Gasteiger partial charge in [-0.1, -0.05) is 26.0 Å². The van der Waals surface area contributed by atoms with E-state index in [1.54, 1.807) is 0 Å². The van der Waals surface area contributed by atoms with Crippen molar-refractivity contribution in [2.75, 3.05) is 18.0 Å². The molecular weight excluding hydrogens is 246 g/mol. The molecule has 3 rings (SSSR count). The highest BCUT2D eigenvalue weighted by molar-refractivity contribution is 5.85. The Morgan fingerprint density at radius 2 is 1.80 bits per heavy atom. The number of aryl methyl sites for hydroxylation is 2. The molecule has 0 N–H and O–H groups in total. The highest BCUT2D eigenvalue weighted by atomic mass is 16.4. The van der Waals surface area contributed by atoms with E-state index in [-0.39, 0.29) is 0 Å². The number of hydrogen-bond acceptors (Lipinski definition) is 2. The van der Waals surface area contributed by atoms with E-state index in [1.807, 2.05) is 0 Å². The van der Waals surface area contributed by atoms with Crippen molar-refractivity contribution in [3.8, 4) is 0 Å². The number of rotatable bonds is 5. The third-order valence-electron chi connectivity index (χ3n) is 4.30. The molecule has 0 aliphatic heterocycles. The Morgan fingerprint density at radius 3 is 2.55 bits per heavy atom. The molecular formula is C18H25NO. The summed E-state index contributed by atoms with van der Waals surface area (Å²) < 4.78 is 6.26. The molecule has 0 fully saturated rings. The van der Waals surface area contributed by atoms with E-state index in [0.29, 0.717) is 0 Å². The first kappa shape index (κ1) is 13.5. The number of fused-ring (bicyclic) bond motifs is 3. The third kappa shape index (κ3) is 2.44. The fourth-order valence-electron chi connectivity index (χ4n) is 3.34. The van der Waals surface area contributed by atoms with E-state index >= 15 is 0 Å². The van der Waals surface area contributed by atoms with Crippen LogP contribution in [-0.4, -0.2) is 13.1 Å². The Morgan fingerprint density at radius 1 is 1.05 bits per heavy atom. The van der Waals surface area contributed by atoms with Gasteiger partial charge in [-0.05, 0) is 49.7 Å². The molecule has 1 aromatic heterocycles. The molecule has 0 saturated heterocycles. The lowest BCUT2D eigenvalue weighted by molar-refractivity contribution is 0.566. The van der Waals surface area contributed by atoms with Crippen molar-refractivity contribution in [2.45, 2.75) is 52.4 Å². The SMILES string of the molecule is CCCN(CCC)c1cc2ccc3c(c2o1)CCCC3. The first-order valence-corrected chi connectivity index (χ1v) is 8.12. The Balaban J connectivity index is 2.01. The lowest BCUT2D eigenvalue weighted by Gasteiger charge is -2.20. The maximum Gasteiger partial charge on any atom is 0.196 e. The largest absolute Gasteiger partial charge is 0.440 e. The van der Waals surface area contributed by atoms with E-state index in [1.165, 1.54) is 42.2 Å². The van der Waals surface area contributed by atoms with Crippen molar-refractivity contribution in [1.29, 1.82) is 0 Å². The summed E-state index contributed by atoms with van der Waals surface area (Å²) in [5.74, 6) is 1.06. The van der Waals surface area contributed by atoms with Gasteiger partial charge in [0, 0.05) is 24.5 Å². The van der Waals surface area contributed by atoms with Crippen LogP contribution in [0.5, 0.6) is 0 Å². The summed E-state index contributed by atoms with van der Waals surface area (Å²) in [5.41, 5.74) is 4.12. The molecule has 20 heavy (non-hydrogen) atoms. The zero-order chi connectivity index (χ0) is 13.9. The van der Waals surface area contributed by atoms with Crippen LogP contribution in [0.4, 0.5) is 5.88 Å². The van der Waals surface area contributed by atoms with Crippen LogP contribution in [0.1, 0.15) is 50.7 Å². The van der Waals surface area contributed by atoms with Crippen LogP contribution in [0.3, 0.4) is 0 Å². The van der Waals surface area contributed by atoms with Crippen molar-refractivity contribution < 1.29 is 4.42 Å². The molecule has 1 aliphatic carbocycles. The van der Waals surface area contributed by atoms with Crippen LogP contribution in [0.15, 0.2) is 22.6 Å². The first-order valence-electron chi connectivity index (χ1n) is 8.12. The minimum absolute atomic E-state index is 1.06. The smallest absolute Gasteiger partial charge is 0.196 e. The molecule has 1 heterocycles. The van der Waals surface area contributed by atoms with Gasteiger partial charge in [-0.15, -0.1) is 0 Å². The second-order valence-electron chi connectivity index (χ2n) is 5.90. The zero-order valence-electron chi connectivity index (χ0n) is 12.7. The second-order valence-corrected chi connectivity index (χ2v) is 5.90. The summed E-state index contributed by atoms with van der Waals surface area (Å²) in [7, 11) is 0. The van der Waals surface area contributed by atoms with Crippen molar-refractivity contribution in [3.63, 3.8) is 0 Å². The first-order chi connectivity index (χ1) is 9.83. The van der Waals surface area contributed by atoms with Gasteiger partial charge in [0.05, 0.1) is 0 Å². The maximum atomic E-state index is 6.26. The van der Waals surface area contributed by atoms with E-state index in [2.05, 4.69) is 36.9 Å². The monoisotopic (exact) mass is 271 g/mol. The molecule has 0 amide bonds. The van der Waals surface area contributed by atoms with Gasteiger partial charge in [0.1, 0.15) is 5.58 Å². The highest BCUT2D eigenvalue weighted by Gasteiger charge is 2.17. The number of nitrogens with zero attached hydrogens (tertiary/aromatic N) is 1. The molecule has 0 saturated carbocycles. The fraction of sp³-hybridized carbons (Fsp3) is 0.556. The molecule has 0 spiro atoms. The van der Waals surface area contributed by atoms with Gasteiger partial charge < -0.3 is 9.32 Å². The minimum atomic E-state index is 1.06. The zero-order valence-corrected chi connectivity index (χ0v) is 12.7. The molecule has 2 nitrogen and oxygen atoms in total. The van der Waals surface area contributed by atoms with Crippen molar-refractivity contribution in [2.24, 2.45) is 0 Å². The van der Waals surface area contributed by atoms with Crippen molar-refractivity contribution in [3.05, 3.63) is 29.3 Å². The summed E-state index contributed by atoms with van der Waals surface area (Å²) in [5, 5.41) is 1.28. The Labute approximate surface area is 121 Å². The number of benzene rings is 1. The molecule has 1 aromatic carbocycles. The van der Waals surface area contributed by atoms with Crippen molar-refractivity contribution in [1.82, 2.24) is 0 Å². The fourth-order valence-corrected chi connectivity index (χ4v) is 3.34. The molecule has 0 unspecified atom stereocenters. The van der Waals surface area contributed by atoms with Gasteiger partial charge in [-0.3, -0.25) is 0 Å². The highest BCUT2D eigenvalue weighted by Crippen LogP contribution is 2.34. The second kappa shape index (κ2) is 5.90. The van der Waals surface area contributed by atoms with Gasteiger partial charge >= 0.3 is 0 Å². The average molecular weight is 271 g/mol. The van der Waals surface area contributed by atoms with Crippen LogP contribution >= 0.6 is 0 Å². The van der Waals surface area contributed by atoms with Gasteiger partial charge in [-0.2, -0.15) is 0 Å². The maximum absolute atomic E-state index is 6.26. The summed E-state index contributed by atoms with van der Waals surface area (Å²) in [6, 6.07) is 6.78. The van der Waals surface area contributed by atoms with Gasteiger partial charge in [0.15, 0.2) is 5.88 Å². The third-order valence-corrected chi connectivity index (χ3v) is 4.30. The van der Waals surface area contributed by atoms with E-state index in [0.717, 1.165) is 37.4 Å². The van der Waals surface area contributed by atoms with Crippen LogP contribution < -0.4 is 4.90 Å².